The van der Waals surface area contributed by atoms with E-state index >= 15 is 0 Å². The van der Waals surface area contributed by atoms with E-state index in [2.05, 4.69) is 18.6 Å². The maximum atomic E-state index is 12.7. The van der Waals surface area contributed by atoms with Crippen molar-refractivity contribution >= 4 is 27.3 Å². The summed E-state index contributed by atoms with van der Waals surface area (Å²) in [5.74, 6) is 0.453. The molecule has 2 aromatic rings. The molecule has 0 radical (unpaired) electrons. The van der Waals surface area contributed by atoms with Crippen molar-refractivity contribution in [3.63, 3.8) is 0 Å². The van der Waals surface area contributed by atoms with Gasteiger partial charge in [0.15, 0.2) is 0 Å². The van der Waals surface area contributed by atoms with E-state index < -0.39 is 10.0 Å². The summed E-state index contributed by atoms with van der Waals surface area (Å²) in [6, 6.07) is 12.4. The number of nitrogens with zero attached hydrogens (tertiary/aromatic N) is 1. The van der Waals surface area contributed by atoms with E-state index in [1.54, 1.807) is 35.2 Å². The largest absolute Gasteiger partial charge is 0.312 e. The minimum absolute atomic E-state index is 0.0581. The van der Waals surface area contributed by atoms with E-state index in [1.807, 2.05) is 19.1 Å². The second-order valence-electron chi connectivity index (χ2n) is 6.82. The smallest absolute Gasteiger partial charge is 0.261 e. The summed E-state index contributed by atoms with van der Waals surface area (Å²) in [7, 11) is -3.66. The minimum atomic E-state index is -3.66. The van der Waals surface area contributed by atoms with Crippen LogP contribution in [0.4, 0.5) is 11.4 Å². The maximum Gasteiger partial charge on any atom is 0.261 e. The third-order valence-electron chi connectivity index (χ3n) is 4.69. The van der Waals surface area contributed by atoms with E-state index in [4.69, 9.17) is 0 Å². The maximum absolute atomic E-state index is 12.7. The van der Waals surface area contributed by atoms with Gasteiger partial charge in [0, 0.05) is 24.3 Å². The summed E-state index contributed by atoms with van der Waals surface area (Å²) < 4.78 is 28.0. The van der Waals surface area contributed by atoms with Crippen molar-refractivity contribution in [2.75, 3.05) is 16.2 Å². The number of anilines is 2. The number of benzene rings is 2. The highest BCUT2D eigenvalue weighted by molar-refractivity contribution is 7.92. The van der Waals surface area contributed by atoms with Crippen LogP contribution in [0.15, 0.2) is 47.4 Å². The van der Waals surface area contributed by atoms with Crippen LogP contribution in [0, 0.1) is 0 Å². The van der Waals surface area contributed by atoms with E-state index in [1.165, 1.54) is 0 Å². The van der Waals surface area contributed by atoms with Gasteiger partial charge in [-0.2, -0.15) is 0 Å². The Balaban J connectivity index is 1.83. The van der Waals surface area contributed by atoms with Crippen LogP contribution in [0.3, 0.4) is 0 Å². The fourth-order valence-corrected chi connectivity index (χ4v) is 4.25. The molecule has 0 bridgehead atoms. The highest BCUT2D eigenvalue weighted by Gasteiger charge is 2.25. The van der Waals surface area contributed by atoms with Gasteiger partial charge < -0.3 is 4.90 Å². The Hall–Kier alpha value is -2.34. The van der Waals surface area contributed by atoms with Gasteiger partial charge >= 0.3 is 0 Å². The summed E-state index contributed by atoms with van der Waals surface area (Å²) in [4.78, 5) is 13.9. The zero-order chi connectivity index (χ0) is 18.9. The molecule has 1 heterocycles. The lowest BCUT2D eigenvalue weighted by atomic mass is 10.0. The third kappa shape index (κ3) is 3.60. The first-order chi connectivity index (χ1) is 12.3. The molecule has 0 aromatic heterocycles. The Morgan fingerprint density at radius 1 is 1.15 bits per heavy atom. The molecular formula is C20H24N2O3S. The van der Waals surface area contributed by atoms with Gasteiger partial charge in [0.1, 0.15) is 0 Å². The van der Waals surface area contributed by atoms with Crippen LogP contribution in [-0.4, -0.2) is 20.9 Å². The Kier molecular flexibility index (Phi) is 5.05. The number of rotatable bonds is 5. The van der Waals surface area contributed by atoms with Gasteiger partial charge in [-0.25, -0.2) is 8.42 Å². The fraction of sp³-hybridized carbons (Fsp3) is 0.350. The molecule has 5 nitrogen and oxygen atoms in total. The molecule has 1 N–H and O–H groups in total. The van der Waals surface area contributed by atoms with Crippen LogP contribution in [0.1, 0.15) is 44.2 Å². The lowest BCUT2D eigenvalue weighted by Crippen LogP contribution is -2.27. The Morgan fingerprint density at radius 3 is 2.46 bits per heavy atom. The van der Waals surface area contributed by atoms with Crippen LogP contribution in [0.2, 0.25) is 0 Å². The number of carbonyl (C=O) groups excluding carboxylic acids is 1. The van der Waals surface area contributed by atoms with Crippen molar-refractivity contribution in [2.24, 2.45) is 0 Å². The first-order valence-corrected chi connectivity index (χ1v) is 10.4. The predicted molar refractivity (Wildman–Crippen MR) is 104 cm³/mol. The first kappa shape index (κ1) is 18.5. The molecule has 3 rings (SSSR count). The third-order valence-corrected chi connectivity index (χ3v) is 6.07. The minimum Gasteiger partial charge on any atom is -0.312 e. The summed E-state index contributed by atoms with van der Waals surface area (Å²) >= 11 is 0. The van der Waals surface area contributed by atoms with Crippen molar-refractivity contribution < 1.29 is 13.2 Å². The SMILES string of the molecule is CCC(=O)N1CCc2cc(S(=O)(=O)Nc3ccc(C(C)C)cc3)ccc21. The second-order valence-corrected chi connectivity index (χ2v) is 8.50. The topological polar surface area (TPSA) is 66.5 Å². The van der Waals surface area contributed by atoms with Crippen LogP contribution >= 0.6 is 0 Å². The van der Waals surface area contributed by atoms with Gasteiger partial charge in [0.05, 0.1) is 4.90 Å². The molecule has 2 aromatic carbocycles. The molecule has 1 amide bonds. The first-order valence-electron chi connectivity index (χ1n) is 8.88. The summed E-state index contributed by atoms with van der Waals surface area (Å²) in [6.07, 6.45) is 1.11. The van der Waals surface area contributed by atoms with Crippen LogP contribution in [0.5, 0.6) is 0 Å². The van der Waals surface area contributed by atoms with Crippen molar-refractivity contribution in [3.05, 3.63) is 53.6 Å². The Labute approximate surface area is 155 Å². The van der Waals surface area contributed by atoms with Gasteiger partial charge in [0.2, 0.25) is 5.91 Å². The molecule has 26 heavy (non-hydrogen) atoms. The molecule has 0 aliphatic carbocycles. The van der Waals surface area contributed by atoms with E-state index in [-0.39, 0.29) is 10.8 Å². The highest BCUT2D eigenvalue weighted by Crippen LogP contribution is 2.31. The lowest BCUT2D eigenvalue weighted by Gasteiger charge is -2.16. The van der Waals surface area contributed by atoms with Crippen LogP contribution in [0.25, 0.3) is 0 Å². The molecule has 6 heteroatoms. The van der Waals surface area contributed by atoms with Crippen molar-refractivity contribution in [1.29, 1.82) is 0 Å². The summed E-state index contributed by atoms with van der Waals surface area (Å²) in [5, 5.41) is 0. The molecule has 0 fully saturated rings. The Bertz CT molecular complexity index is 919. The van der Waals surface area contributed by atoms with Gasteiger partial charge in [-0.05, 0) is 53.8 Å². The van der Waals surface area contributed by atoms with Gasteiger partial charge in [-0.15, -0.1) is 0 Å². The van der Waals surface area contributed by atoms with Crippen LogP contribution < -0.4 is 9.62 Å². The molecule has 138 valence electrons. The fourth-order valence-electron chi connectivity index (χ4n) is 3.15. The average molecular weight is 372 g/mol. The molecule has 0 spiro atoms. The summed E-state index contributed by atoms with van der Waals surface area (Å²) in [5.41, 5.74) is 3.41. The number of hydrogen-bond acceptors (Lipinski definition) is 3. The number of hydrogen-bond donors (Lipinski definition) is 1. The van der Waals surface area contributed by atoms with Crippen molar-refractivity contribution in [3.8, 4) is 0 Å². The van der Waals surface area contributed by atoms with Gasteiger partial charge in [-0.3, -0.25) is 9.52 Å². The molecule has 0 unspecified atom stereocenters. The van der Waals surface area contributed by atoms with Gasteiger partial charge in [-0.1, -0.05) is 32.9 Å². The molecule has 1 aliphatic rings. The monoisotopic (exact) mass is 372 g/mol. The highest BCUT2D eigenvalue weighted by atomic mass is 32.2. The van der Waals surface area contributed by atoms with Crippen molar-refractivity contribution in [2.45, 2.75) is 44.4 Å². The molecular weight excluding hydrogens is 348 g/mol. The standard InChI is InChI=1S/C20H24N2O3S/c1-4-20(23)22-12-11-16-13-18(9-10-19(16)22)26(24,25)21-17-7-5-15(6-8-17)14(2)3/h5-10,13-14,21H,4,11-12H2,1-3H3. The summed E-state index contributed by atoms with van der Waals surface area (Å²) in [6.45, 7) is 6.62. The zero-order valence-electron chi connectivity index (χ0n) is 15.3. The lowest BCUT2D eigenvalue weighted by molar-refractivity contribution is -0.118. The average Bonchev–Trinajstić information content (AvgIpc) is 3.04. The Morgan fingerprint density at radius 2 is 1.85 bits per heavy atom. The quantitative estimate of drug-likeness (QED) is 0.865. The molecule has 0 saturated heterocycles. The van der Waals surface area contributed by atoms with Gasteiger partial charge in [0.25, 0.3) is 10.0 Å². The number of fused-ring (bicyclic) bond motifs is 1. The van der Waals surface area contributed by atoms with E-state index in [0.29, 0.717) is 31.0 Å². The molecule has 0 atom stereocenters. The normalized spacial score (nSPS) is 13.8. The number of nitrogens with one attached hydrogen (secondary N) is 1. The molecule has 1 aliphatic heterocycles. The number of carbonyl (C=O) groups is 1. The molecule has 0 saturated carbocycles. The number of sulfonamides is 1. The van der Waals surface area contributed by atoms with Crippen LogP contribution in [-0.2, 0) is 21.2 Å². The zero-order valence-corrected chi connectivity index (χ0v) is 16.1. The predicted octanol–water partition coefficient (Wildman–Crippen LogP) is 3.91. The van der Waals surface area contributed by atoms with E-state index in [9.17, 15) is 13.2 Å². The number of amides is 1. The second kappa shape index (κ2) is 7.11. The van der Waals surface area contributed by atoms with E-state index in [0.717, 1.165) is 16.8 Å². The van der Waals surface area contributed by atoms with Crippen molar-refractivity contribution in [1.82, 2.24) is 0 Å².